The summed E-state index contributed by atoms with van der Waals surface area (Å²) >= 11 is 3.47. The molecule has 1 saturated carbocycles. The molecule has 1 aromatic rings. The van der Waals surface area contributed by atoms with Gasteiger partial charge in [-0.05, 0) is 83.3 Å². The third-order valence-electron chi connectivity index (χ3n) is 6.16. The molecular weight excluding hydrogens is 469 g/mol. The van der Waals surface area contributed by atoms with Crippen molar-refractivity contribution < 1.29 is 13.0 Å². The topological polar surface area (TPSA) is 38.3 Å². The van der Waals surface area contributed by atoms with Crippen molar-refractivity contribution in [3.63, 3.8) is 0 Å². The van der Waals surface area contributed by atoms with Crippen molar-refractivity contribution in [1.29, 1.82) is 0 Å². The zero-order valence-corrected chi connectivity index (χ0v) is 22.7. The van der Waals surface area contributed by atoms with Crippen LogP contribution in [0.2, 0.25) is 18.1 Å². The highest BCUT2D eigenvalue weighted by molar-refractivity contribution is 9.10. The molecule has 1 fully saturated rings. The summed E-state index contributed by atoms with van der Waals surface area (Å²) in [6.45, 7) is 18.9. The fourth-order valence-corrected chi connectivity index (χ4v) is 6.18. The van der Waals surface area contributed by atoms with Crippen molar-refractivity contribution >= 4 is 35.2 Å². The van der Waals surface area contributed by atoms with Gasteiger partial charge in [0.1, 0.15) is 5.82 Å². The Balaban J connectivity index is 2.44. The van der Waals surface area contributed by atoms with E-state index in [1.165, 1.54) is 6.07 Å². The van der Waals surface area contributed by atoms with E-state index in [9.17, 15) is 8.60 Å². The van der Waals surface area contributed by atoms with Crippen molar-refractivity contribution in [3.8, 4) is 0 Å². The summed E-state index contributed by atoms with van der Waals surface area (Å²) in [5.41, 5.74) is -0.582. The van der Waals surface area contributed by atoms with E-state index in [0.29, 0.717) is 12.0 Å². The quantitative estimate of drug-likeness (QED) is 0.413. The predicted molar refractivity (Wildman–Crippen MR) is 127 cm³/mol. The van der Waals surface area contributed by atoms with Crippen LogP contribution in [-0.2, 0) is 21.0 Å². The summed E-state index contributed by atoms with van der Waals surface area (Å²) in [4.78, 5) is 0. The van der Waals surface area contributed by atoms with Gasteiger partial charge in [-0.25, -0.2) is 13.3 Å². The molecule has 29 heavy (non-hydrogen) atoms. The summed E-state index contributed by atoms with van der Waals surface area (Å²) in [6.07, 6.45) is 2.49. The van der Waals surface area contributed by atoms with Crippen molar-refractivity contribution in [2.75, 3.05) is 0 Å². The van der Waals surface area contributed by atoms with Crippen LogP contribution in [0.3, 0.4) is 0 Å². The van der Waals surface area contributed by atoms with E-state index in [4.69, 9.17) is 4.43 Å². The first kappa shape index (κ1) is 25.2. The van der Waals surface area contributed by atoms with Crippen LogP contribution in [0, 0.1) is 5.82 Å². The highest BCUT2D eigenvalue weighted by Gasteiger charge is 2.55. The number of nitrogens with one attached hydrogen (secondary N) is 1. The third-order valence-corrected chi connectivity index (χ3v) is 13.0. The van der Waals surface area contributed by atoms with Gasteiger partial charge in [-0.2, -0.15) is 0 Å². The average Bonchev–Trinajstić information content (AvgIpc) is 3.25. The molecule has 2 rings (SSSR count). The maximum atomic E-state index is 14.9. The van der Waals surface area contributed by atoms with E-state index in [0.717, 1.165) is 17.3 Å². The van der Waals surface area contributed by atoms with Crippen LogP contribution in [0.15, 0.2) is 22.7 Å². The molecule has 0 aromatic heterocycles. The molecule has 1 aliphatic rings. The van der Waals surface area contributed by atoms with E-state index >= 15 is 0 Å². The lowest BCUT2D eigenvalue weighted by atomic mass is 9.86. The molecule has 0 radical (unpaired) electrons. The van der Waals surface area contributed by atoms with Gasteiger partial charge in [-0.3, -0.25) is 0 Å². The maximum Gasteiger partial charge on any atom is 0.192 e. The lowest BCUT2D eigenvalue weighted by Crippen LogP contribution is -2.51. The molecule has 1 aromatic carbocycles. The first-order valence-electron chi connectivity index (χ1n) is 10.3. The number of benzene rings is 1. The Hall–Kier alpha value is -0.0831. The molecule has 0 aliphatic heterocycles. The average molecular weight is 507 g/mol. The maximum absolute atomic E-state index is 14.9. The molecule has 0 amide bonds. The smallest absolute Gasteiger partial charge is 0.192 e. The van der Waals surface area contributed by atoms with Gasteiger partial charge in [0.2, 0.25) is 0 Å². The van der Waals surface area contributed by atoms with Crippen LogP contribution >= 0.6 is 15.9 Å². The number of hydrogen-bond acceptors (Lipinski definition) is 2. The summed E-state index contributed by atoms with van der Waals surface area (Å²) < 4.78 is 38.4. The van der Waals surface area contributed by atoms with E-state index in [-0.39, 0.29) is 16.5 Å². The van der Waals surface area contributed by atoms with Gasteiger partial charge >= 0.3 is 0 Å². The summed E-state index contributed by atoms with van der Waals surface area (Å²) in [7, 11) is -3.33. The monoisotopic (exact) mass is 505 g/mol. The molecule has 0 saturated heterocycles. The largest absolute Gasteiger partial charge is 0.411 e. The Kier molecular flexibility index (Phi) is 7.05. The van der Waals surface area contributed by atoms with Gasteiger partial charge in [0.15, 0.2) is 8.32 Å². The summed E-state index contributed by atoms with van der Waals surface area (Å²) in [5, 5.41) is 0.0989. The highest BCUT2D eigenvalue weighted by Crippen LogP contribution is 2.53. The zero-order chi connectivity index (χ0) is 22.5. The lowest BCUT2D eigenvalue weighted by molar-refractivity contribution is 0.115. The molecule has 7 heteroatoms. The number of hydrogen-bond donors (Lipinski definition) is 1. The molecule has 2 atom stereocenters. The van der Waals surface area contributed by atoms with Crippen molar-refractivity contribution in [3.05, 3.63) is 34.1 Å². The van der Waals surface area contributed by atoms with Crippen LogP contribution in [0.25, 0.3) is 0 Å². The Bertz CT molecular complexity index is 784. The van der Waals surface area contributed by atoms with Gasteiger partial charge < -0.3 is 4.43 Å². The van der Waals surface area contributed by atoms with Crippen LogP contribution in [0.4, 0.5) is 4.39 Å². The second-order valence-corrected chi connectivity index (χ2v) is 18.8. The van der Waals surface area contributed by atoms with Gasteiger partial charge in [-0.15, -0.1) is 0 Å². The summed E-state index contributed by atoms with van der Waals surface area (Å²) in [6, 6.07) is 4.96. The molecule has 1 N–H and O–H groups in total. The molecule has 3 nitrogen and oxygen atoms in total. The Morgan fingerprint density at radius 1 is 1.17 bits per heavy atom. The first-order chi connectivity index (χ1) is 12.9. The highest BCUT2D eigenvalue weighted by atomic mass is 79.9. The van der Waals surface area contributed by atoms with Gasteiger partial charge in [0.05, 0.1) is 26.9 Å². The van der Waals surface area contributed by atoms with E-state index in [2.05, 4.69) is 54.5 Å². The Labute approximate surface area is 188 Å². The standard InChI is InChI=1S/C22H37BrFNO2SSi/c1-19(2,3)28(26)25-21(7,17-14-16(23)10-11-18(17)24)15-22(12-13-22)27-29(8,9)20(4,5)6/h10-11,14,25H,12-13,15H2,1-9H3. The molecule has 1 aliphatic carbocycles. The third kappa shape index (κ3) is 6.00. The lowest BCUT2D eigenvalue weighted by Gasteiger charge is -2.43. The Morgan fingerprint density at radius 2 is 1.72 bits per heavy atom. The second-order valence-electron chi connectivity index (χ2n) is 11.2. The predicted octanol–water partition coefficient (Wildman–Crippen LogP) is 6.80. The second kappa shape index (κ2) is 8.12. The summed E-state index contributed by atoms with van der Waals surface area (Å²) in [5.74, 6) is -0.294. The Morgan fingerprint density at radius 3 is 2.17 bits per heavy atom. The first-order valence-corrected chi connectivity index (χ1v) is 15.1. The van der Waals surface area contributed by atoms with Gasteiger partial charge in [0.25, 0.3) is 0 Å². The molecule has 0 heterocycles. The molecule has 0 spiro atoms. The molecular formula is C22H37BrFNO2SSi. The molecule has 2 unspecified atom stereocenters. The van der Waals surface area contributed by atoms with E-state index in [1.54, 1.807) is 12.1 Å². The number of halogens is 2. The van der Waals surface area contributed by atoms with E-state index < -0.39 is 29.6 Å². The molecule has 166 valence electrons. The number of rotatable bonds is 7. The fraction of sp³-hybridized carbons (Fsp3) is 0.727. The van der Waals surface area contributed by atoms with E-state index in [1.807, 2.05) is 27.7 Å². The van der Waals surface area contributed by atoms with Crippen molar-refractivity contribution in [1.82, 2.24) is 4.72 Å². The van der Waals surface area contributed by atoms with Crippen LogP contribution in [0.1, 0.15) is 73.3 Å². The SMILES string of the molecule is CC(CC1(O[Si](C)(C)C(C)(C)C)CC1)(NS(=O)C(C)(C)C)c1cc(Br)ccc1F. The van der Waals surface area contributed by atoms with Crippen LogP contribution < -0.4 is 4.72 Å². The minimum atomic E-state index is -1.99. The van der Waals surface area contributed by atoms with Gasteiger partial charge in [-0.1, -0.05) is 36.7 Å². The van der Waals surface area contributed by atoms with Crippen LogP contribution in [-0.4, -0.2) is 22.9 Å². The molecule has 0 bridgehead atoms. The zero-order valence-electron chi connectivity index (χ0n) is 19.3. The van der Waals surface area contributed by atoms with Gasteiger partial charge in [0, 0.05) is 10.0 Å². The van der Waals surface area contributed by atoms with Crippen molar-refractivity contribution in [2.45, 2.75) is 102 Å². The van der Waals surface area contributed by atoms with Crippen molar-refractivity contribution in [2.24, 2.45) is 0 Å². The minimum Gasteiger partial charge on any atom is -0.411 e. The minimum absolute atomic E-state index is 0.0989. The normalized spacial score (nSPS) is 20.2. The fourth-order valence-electron chi connectivity index (χ4n) is 3.26. The van der Waals surface area contributed by atoms with Crippen LogP contribution in [0.5, 0.6) is 0 Å².